The molecule has 2 fully saturated rings. The molecule has 2 N–H and O–H groups in total. The van der Waals surface area contributed by atoms with Gasteiger partial charge in [0.2, 0.25) is 6.79 Å². The molecule has 2 aromatic rings. The van der Waals surface area contributed by atoms with Crippen molar-refractivity contribution in [3.63, 3.8) is 0 Å². The number of β-amino-alcohol motifs (C(OH)–C–C–N with tert-alkyl or cyclic N) is 1. The number of fused-ring (bicyclic) bond motifs is 1. The molecule has 5 rings (SSSR count). The Morgan fingerprint density at radius 1 is 1.03 bits per heavy atom. The van der Waals surface area contributed by atoms with Gasteiger partial charge >= 0.3 is 6.03 Å². The van der Waals surface area contributed by atoms with Crippen LogP contribution >= 0.6 is 0 Å². The number of ether oxygens (including phenoxy) is 3. The Morgan fingerprint density at radius 2 is 1.74 bits per heavy atom. The number of anilines is 1. The predicted molar refractivity (Wildman–Crippen MR) is 133 cm³/mol. The zero-order chi connectivity index (χ0) is 24.2. The number of methoxy groups -OCH3 is 1. The van der Waals surface area contributed by atoms with Gasteiger partial charge in [0, 0.05) is 31.4 Å². The summed E-state index contributed by atoms with van der Waals surface area (Å²) in [4.78, 5) is 16.9. The number of carbonyl (C=O) groups excluding carboxylic acids is 1. The molecular formula is C27H35N3O5. The molecule has 2 amide bonds. The SMILES string of the molecule is COc1ccc(C2CCN(CC(O)C3CCN(C(=O)Nc4ccc5c(c4)OCO5)CC3)CC2)cc1. The molecule has 3 aliphatic heterocycles. The molecule has 1 unspecified atom stereocenters. The van der Waals surface area contributed by atoms with Crippen molar-refractivity contribution in [1.29, 1.82) is 0 Å². The molecule has 35 heavy (non-hydrogen) atoms. The van der Waals surface area contributed by atoms with Crippen LogP contribution in [0, 0.1) is 5.92 Å². The van der Waals surface area contributed by atoms with E-state index in [9.17, 15) is 9.90 Å². The van der Waals surface area contributed by atoms with Crippen molar-refractivity contribution in [2.45, 2.75) is 37.7 Å². The van der Waals surface area contributed by atoms with Crippen molar-refractivity contribution >= 4 is 11.7 Å². The second-order valence-corrected chi connectivity index (χ2v) is 9.74. The molecule has 0 spiro atoms. The molecule has 0 saturated carbocycles. The number of urea groups is 1. The number of aliphatic hydroxyl groups excluding tert-OH is 1. The minimum absolute atomic E-state index is 0.114. The average molecular weight is 482 g/mol. The molecule has 0 aromatic heterocycles. The molecule has 0 aliphatic carbocycles. The number of likely N-dealkylation sites (tertiary alicyclic amines) is 2. The first kappa shape index (κ1) is 23.8. The Hall–Kier alpha value is -2.97. The Labute approximate surface area is 206 Å². The lowest BCUT2D eigenvalue weighted by molar-refractivity contribution is 0.0315. The van der Waals surface area contributed by atoms with Crippen LogP contribution in [0.1, 0.15) is 37.2 Å². The number of piperidine rings is 2. The molecule has 0 radical (unpaired) electrons. The van der Waals surface area contributed by atoms with Crippen molar-refractivity contribution in [3.8, 4) is 17.2 Å². The Bertz CT molecular complexity index is 998. The van der Waals surface area contributed by atoms with Crippen LogP contribution in [-0.4, -0.2) is 73.7 Å². The molecule has 1 atom stereocenters. The van der Waals surface area contributed by atoms with Gasteiger partial charge in [-0.05, 0) is 80.4 Å². The fourth-order valence-electron chi connectivity index (χ4n) is 5.40. The van der Waals surface area contributed by atoms with E-state index in [1.165, 1.54) is 5.56 Å². The van der Waals surface area contributed by atoms with Crippen molar-refractivity contribution in [3.05, 3.63) is 48.0 Å². The normalized spacial score (nSPS) is 20.0. The number of nitrogens with one attached hydrogen (secondary N) is 1. The molecule has 2 aromatic carbocycles. The summed E-state index contributed by atoms with van der Waals surface area (Å²) in [6, 6.07) is 13.7. The zero-order valence-electron chi connectivity index (χ0n) is 20.3. The van der Waals surface area contributed by atoms with E-state index < -0.39 is 0 Å². The fraction of sp³-hybridized carbons (Fsp3) is 0.519. The summed E-state index contributed by atoms with van der Waals surface area (Å²) in [5.41, 5.74) is 2.07. The van der Waals surface area contributed by atoms with Crippen LogP contribution in [-0.2, 0) is 0 Å². The van der Waals surface area contributed by atoms with Gasteiger partial charge in [0.15, 0.2) is 11.5 Å². The highest BCUT2D eigenvalue weighted by molar-refractivity contribution is 5.89. The van der Waals surface area contributed by atoms with Crippen molar-refractivity contribution in [1.82, 2.24) is 9.80 Å². The lowest BCUT2D eigenvalue weighted by Gasteiger charge is -2.38. The quantitative estimate of drug-likeness (QED) is 0.651. The van der Waals surface area contributed by atoms with Crippen molar-refractivity contribution in [2.75, 3.05) is 51.9 Å². The minimum Gasteiger partial charge on any atom is -0.497 e. The number of rotatable bonds is 6. The number of carbonyl (C=O) groups is 1. The van der Waals surface area contributed by atoms with Crippen LogP contribution in [0.4, 0.5) is 10.5 Å². The molecule has 8 nitrogen and oxygen atoms in total. The highest BCUT2D eigenvalue weighted by Gasteiger charge is 2.30. The summed E-state index contributed by atoms with van der Waals surface area (Å²) in [6.07, 6.45) is 3.50. The number of aliphatic hydroxyl groups is 1. The van der Waals surface area contributed by atoms with E-state index in [4.69, 9.17) is 14.2 Å². The third-order valence-corrected chi connectivity index (χ3v) is 7.61. The second kappa shape index (κ2) is 10.7. The summed E-state index contributed by atoms with van der Waals surface area (Å²) in [6.45, 7) is 4.23. The molecule has 2 saturated heterocycles. The summed E-state index contributed by atoms with van der Waals surface area (Å²) >= 11 is 0. The van der Waals surface area contributed by atoms with Gasteiger partial charge < -0.3 is 34.4 Å². The maximum Gasteiger partial charge on any atom is 0.321 e. The number of nitrogens with zero attached hydrogens (tertiary/aromatic N) is 2. The van der Waals surface area contributed by atoms with Gasteiger partial charge in [-0.1, -0.05) is 12.1 Å². The van der Waals surface area contributed by atoms with E-state index in [-0.39, 0.29) is 24.8 Å². The summed E-state index contributed by atoms with van der Waals surface area (Å²) < 4.78 is 16.0. The highest BCUT2D eigenvalue weighted by atomic mass is 16.7. The van der Waals surface area contributed by atoms with E-state index in [2.05, 4.69) is 22.3 Å². The van der Waals surface area contributed by atoms with E-state index in [0.717, 1.165) is 44.5 Å². The van der Waals surface area contributed by atoms with Gasteiger partial charge in [-0.15, -0.1) is 0 Å². The van der Waals surface area contributed by atoms with Gasteiger partial charge in [-0.25, -0.2) is 4.79 Å². The summed E-state index contributed by atoms with van der Waals surface area (Å²) in [5.74, 6) is 3.04. The summed E-state index contributed by atoms with van der Waals surface area (Å²) in [7, 11) is 1.69. The zero-order valence-corrected chi connectivity index (χ0v) is 20.3. The standard InChI is InChI=1S/C27H35N3O5/c1-33-23-5-2-19(3-6-23)20-8-12-29(13-9-20)17-24(31)21-10-14-30(15-11-21)27(32)28-22-4-7-25-26(16-22)35-18-34-25/h2-7,16,20-21,24,31H,8-15,17-18H2,1H3,(H,28,32). The third kappa shape index (κ3) is 5.65. The van der Waals surface area contributed by atoms with Crippen LogP contribution < -0.4 is 19.5 Å². The second-order valence-electron chi connectivity index (χ2n) is 9.74. The maximum absolute atomic E-state index is 12.7. The number of hydrogen-bond donors (Lipinski definition) is 2. The molecule has 8 heteroatoms. The molecule has 3 aliphatic rings. The Morgan fingerprint density at radius 3 is 2.46 bits per heavy atom. The largest absolute Gasteiger partial charge is 0.497 e. The maximum atomic E-state index is 12.7. The van der Waals surface area contributed by atoms with E-state index in [0.29, 0.717) is 42.7 Å². The molecule has 188 valence electrons. The Kier molecular flexibility index (Phi) is 7.29. The van der Waals surface area contributed by atoms with Crippen LogP contribution in [0.2, 0.25) is 0 Å². The topological polar surface area (TPSA) is 83.5 Å². The first-order chi connectivity index (χ1) is 17.1. The molecular weight excluding hydrogens is 446 g/mol. The van der Waals surface area contributed by atoms with Gasteiger partial charge in [-0.2, -0.15) is 0 Å². The minimum atomic E-state index is -0.355. The molecule has 3 heterocycles. The fourth-order valence-corrected chi connectivity index (χ4v) is 5.40. The van der Waals surface area contributed by atoms with Gasteiger partial charge in [0.1, 0.15) is 5.75 Å². The third-order valence-electron chi connectivity index (χ3n) is 7.61. The van der Waals surface area contributed by atoms with Crippen LogP contribution in [0.15, 0.2) is 42.5 Å². The highest BCUT2D eigenvalue weighted by Crippen LogP contribution is 2.34. The number of amides is 2. The van der Waals surface area contributed by atoms with Crippen molar-refractivity contribution < 1.29 is 24.1 Å². The number of benzene rings is 2. The summed E-state index contributed by atoms with van der Waals surface area (Å²) in [5, 5.41) is 13.9. The lowest BCUT2D eigenvalue weighted by atomic mass is 9.88. The van der Waals surface area contributed by atoms with Gasteiger partial charge in [-0.3, -0.25) is 0 Å². The Balaban J connectivity index is 1.04. The van der Waals surface area contributed by atoms with Crippen LogP contribution in [0.25, 0.3) is 0 Å². The van der Waals surface area contributed by atoms with E-state index in [1.54, 1.807) is 19.2 Å². The first-order valence-corrected chi connectivity index (χ1v) is 12.6. The average Bonchev–Trinajstić information content (AvgIpc) is 3.37. The van der Waals surface area contributed by atoms with Gasteiger partial charge in [0.05, 0.1) is 13.2 Å². The lowest BCUT2D eigenvalue weighted by Crippen LogP contribution is -2.46. The predicted octanol–water partition coefficient (Wildman–Crippen LogP) is 3.91. The van der Waals surface area contributed by atoms with E-state index >= 15 is 0 Å². The van der Waals surface area contributed by atoms with Gasteiger partial charge in [0.25, 0.3) is 0 Å². The van der Waals surface area contributed by atoms with Crippen LogP contribution in [0.5, 0.6) is 17.2 Å². The smallest absolute Gasteiger partial charge is 0.321 e. The molecule has 0 bridgehead atoms. The van der Waals surface area contributed by atoms with Crippen molar-refractivity contribution in [2.24, 2.45) is 5.92 Å². The van der Waals surface area contributed by atoms with Crippen LogP contribution in [0.3, 0.4) is 0 Å². The first-order valence-electron chi connectivity index (χ1n) is 12.6. The van der Waals surface area contributed by atoms with E-state index in [1.807, 2.05) is 23.1 Å². The number of hydrogen-bond acceptors (Lipinski definition) is 6. The monoisotopic (exact) mass is 481 g/mol.